The van der Waals surface area contributed by atoms with E-state index in [0.29, 0.717) is 39.8 Å². The van der Waals surface area contributed by atoms with Crippen LogP contribution in [0.2, 0.25) is 5.02 Å². The van der Waals surface area contributed by atoms with Crippen LogP contribution in [0.1, 0.15) is 31.4 Å². The number of nitrogens with zero attached hydrogens (tertiary/aromatic N) is 2. The maximum absolute atomic E-state index is 13.5. The van der Waals surface area contributed by atoms with Gasteiger partial charge in [0, 0.05) is 34.2 Å². The van der Waals surface area contributed by atoms with Gasteiger partial charge >= 0.3 is 6.18 Å². The van der Waals surface area contributed by atoms with Gasteiger partial charge in [-0.2, -0.15) is 13.2 Å². The average Bonchev–Trinajstić information content (AvgIpc) is 3.19. The molecule has 0 aliphatic heterocycles. The molecule has 3 aromatic rings. The molecule has 0 bridgehead atoms. The van der Waals surface area contributed by atoms with E-state index in [-0.39, 0.29) is 6.54 Å². The lowest BCUT2D eigenvalue weighted by molar-refractivity contribution is -0.140. The van der Waals surface area contributed by atoms with Gasteiger partial charge < -0.3 is 24.8 Å². The number of alkyl halides is 3. The van der Waals surface area contributed by atoms with Crippen molar-refractivity contribution in [2.75, 3.05) is 38.4 Å². The SMILES string of the molecule is COc1cc(Cl)ccc1NCC#Cc1cc2c(N[C@H]3CC[C@H](N(C)C)CC3)cccc2n1CC(F)(F)F. The minimum Gasteiger partial charge on any atom is -0.495 e. The van der Waals surface area contributed by atoms with Gasteiger partial charge in [-0.15, -0.1) is 0 Å². The normalized spacial score (nSPS) is 17.9. The molecule has 1 aliphatic rings. The molecule has 1 aliphatic carbocycles. The van der Waals surface area contributed by atoms with Crippen molar-refractivity contribution in [1.29, 1.82) is 0 Å². The van der Waals surface area contributed by atoms with E-state index < -0.39 is 12.7 Å². The van der Waals surface area contributed by atoms with E-state index in [0.717, 1.165) is 36.8 Å². The smallest absolute Gasteiger partial charge is 0.406 e. The van der Waals surface area contributed by atoms with Crippen LogP contribution in [-0.2, 0) is 6.54 Å². The molecule has 1 fully saturated rings. The maximum Gasteiger partial charge on any atom is 0.406 e. The van der Waals surface area contributed by atoms with E-state index in [1.165, 1.54) is 11.7 Å². The van der Waals surface area contributed by atoms with Crippen LogP contribution in [0.25, 0.3) is 10.9 Å². The maximum atomic E-state index is 13.5. The van der Waals surface area contributed by atoms with Gasteiger partial charge in [-0.05, 0) is 76.0 Å². The van der Waals surface area contributed by atoms with Gasteiger partial charge in [0.1, 0.15) is 12.3 Å². The molecule has 0 amide bonds. The Morgan fingerprint density at radius 1 is 1.08 bits per heavy atom. The molecule has 1 aromatic heterocycles. The van der Waals surface area contributed by atoms with Gasteiger partial charge in [0.15, 0.2) is 0 Å². The quantitative estimate of drug-likeness (QED) is 0.336. The topological polar surface area (TPSA) is 41.5 Å². The summed E-state index contributed by atoms with van der Waals surface area (Å²) in [5.74, 6) is 6.47. The van der Waals surface area contributed by atoms with Crippen LogP contribution in [0.15, 0.2) is 42.5 Å². The molecule has 0 unspecified atom stereocenters. The van der Waals surface area contributed by atoms with Crippen molar-refractivity contribution in [3.63, 3.8) is 0 Å². The zero-order valence-corrected chi connectivity index (χ0v) is 22.0. The van der Waals surface area contributed by atoms with Crippen molar-refractivity contribution < 1.29 is 17.9 Å². The third-order valence-corrected chi connectivity index (χ3v) is 7.05. The average molecular weight is 533 g/mol. The number of aromatic nitrogens is 1. The van der Waals surface area contributed by atoms with Gasteiger partial charge in [-0.25, -0.2) is 0 Å². The summed E-state index contributed by atoms with van der Waals surface area (Å²) in [6.07, 6.45) is -0.134. The fourth-order valence-electron chi connectivity index (χ4n) is 4.91. The molecule has 1 heterocycles. The first-order chi connectivity index (χ1) is 17.6. The van der Waals surface area contributed by atoms with Crippen molar-refractivity contribution in [1.82, 2.24) is 9.47 Å². The number of rotatable bonds is 7. The Labute approximate surface area is 220 Å². The molecule has 1 saturated carbocycles. The lowest BCUT2D eigenvalue weighted by atomic mass is 9.90. The minimum absolute atomic E-state index is 0.228. The number of hydrogen-bond donors (Lipinski definition) is 2. The zero-order chi connectivity index (χ0) is 26.6. The highest BCUT2D eigenvalue weighted by Gasteiger charge is 2.30. The predicted molar refractivity (Wildman–Crippen MR) is 145 cm³/mol. The molecular formula is C28H32ClF3N4O. The van der Waals surface area contributed by atoms with Gasteiger partial charge in [0.2, 0.25) is 0 Å². The molecule has 37 heavy (non-hydrogen) atoms. The summed E-state index contributed by atoms with van der Waals surface area (Å²) >= 11 is 6.00. The largest absolute Gasteiger partial charge is 0.495 e. The Morgan fingerprint density at radius 2 is 1.84 bits per heavy atom. The molecular weight excluding hydrogens is 501 g/mol. The summed E-state index contributed by atoms with van der Waals surface area (Å²) in [7, 11) is 5.75. The van der Waals surface area contributed by atoms with Crippen LogP contribution < -0.4 is 15.4 Å². The number of methoxy groups -OCH3 is 1. The monoisotopic (exact) mass is 532 g/mol. The van der Waals surface area contributed by atoms with Crippen LogP contribution in [0.4, 0.5) is 24.5 Å². The second-order valence-corrected chi connectivity index (χ2v) is 10.0. The van der Waals surface area contributed by atoms with Gasteiger partial charge in [0.25, 0.3) is 0 Å². The number of anilines is 2. The summed E-state index contributed by atoms with van der Waals surface area (Å²) in [4.78, 5) is 2.26. The van der Waals surface area contributed by atoms with Crippen LogP contribution >= 0.6 is 11.6 Å². The highest BCUT2D eigenvalue weighted by atomic mass is 35.5. The van der Waals surface area contributed by atoms with Crippen LogP contribution in [-0.4, -0.2) is 55.5 Å². The first kappa shape index (κ1) is 27.0. The molecule has 2 N–H and O–H groups in total. The molecule has 0 spiro atoms. The van der Waals surface area contributed by atoms with E-state index >= 15 is 0 Å². The van der Waals surface area contributed by atoms with Crippen molar-refractivity contribution in [3.8, 4) is 17.6 Å². The first-order valence-corrected chi connectivity index (χ1v) is 12.7. The second kappa shape index (κ2) is 11.6. The molecule has 2 aromatic carbocycles. The summed E-state index contributed by atoms with van der Waals surface area (Å²) in [6.45, 7) is -0.873. The molecule has 0 saturated heterocycles. The fraction of sp³-hybridized carbons (Fsp3) is 0.429. The number of ether oxygens (including phenoxy) is 1. The number of hydrogen-bond acceptors (Lipinski definition) is 4. The van der Waals surface area contributed by atoms with E-state index in [1.54, 1.807) is 36.4 Å². The Balaban J connectivity index is 1.57. The highest BCUT2D eigenvalue weighted by Crippen LogP contribution is 2.32. The van der Waals surface area contributed by atoms with Gasteiger partial charge in [-0.1, -0.05) is 23.6 Å². The summed E-state index contributed by atoms with van der Waals surface area (Å²) in [5.41, 5.74) is 2.38. The molecule has 4 rings (SSSR count). The fourth-order valence-corrected chi connectivity index (χ4v) is 5.07. The van der Waals surface area contributed by atoms with Crippen molar-refractivity contribution in [2.45, 2.75) is 50.5 Å². The standard InChI is InChI=1S/C28H32ClF3N4O/c1-35(2)21-12-10-20(11-13-21)34-24-7-4-8-26-23(24)17-22(36(26)18-28(30,31)32)6-5-15-33-25-14-9-19(29)16-27(25)37-3/h4,7-9,14,16-17,20-21,33-34H,10-13,15,18H2,1-3H3/t20-,21-. The molecule has 9 heteroatoms. The van der Waals surface area contributed by atoms with Crippen molar-refractivity contribution >= 4 is 33.9 Å². The van der Waals surface area contributed by atoms with Crippen LogP contribution in [0.3, 0.4) is 0 Å². The zero-order valence-electron chi connectivity index (χ0n) is 21.3. The third-order valence-electron chi connectivity index (χ3n) is 6.82. The van der Waals surface area contributed by atoms with Crippen molar-refractivity contribution in [2.24, 2.45) is 0 Å². The van der Waals surface area contributed by atoms with E-state index in [1.807, 2.05) is 6.07 Å². The second-order valence-electron chi connectivity index (χ2n) is 9.58. The lowest BCUT2D eigenvalue weighted by Crippen LogP contribution is -2.36. The van der Waals surface area contributed by atoms with E-state index in [4.69, 9.17) is 16.3 Å². The Morgan fingerprint density at radius 3 is 2.51 bits per heavy atom. The van der Waals surface area contributed by atoms with Crippen LogP contribution in [0, 0.1) is 11.8 Å². The Kier molecular flexibility index (Phi) is 8.46. The number of fused-ring (bicyclic) bond motifs is 1. The Bertz CT molecular complexity index is 1280. The van der Waals surface area contributed by atoms with Crippen LogP contribution in [0.5, 0.6) is 5.75 Å². The molecule has 198 valence electrons. The summed E-state index contributed by atoms with van der Waals surface area (Å²) in [5, 5.41) is 8.02. The molecule has 5 nitrogen and oxygen atoms in total. The first-order valence-electron chi connectivity index (χ1n) is 12.3. The predicted octanol–water partition coefficient (Wildman–Crippen LogP) is 6.61. The Hall–Kier alpha value is -3.02. The number of halogens is 4. The number of benzene rings is 2. The van der Waals surface area contributed by atoms with E-state index in [9.17, 15) is 13.2 Å². The molecule has 0 atom stereocenters. The molecule has 0 radical (unpaired) electrons. The summed E-state index contributed by atoms with van der Waals surface area (Å²) < 4.78 is 47.1. The van der Waals surface area contributed by atoms with Gasteiger partial charge in [0.05, 0.1) is 30.6 Å². The van der Waals surface area contributed by atoms with Crippen molar-refractivity contribution in [3.05, 3.63) is 53.2 Å². The summed E-state index contributed by atoms with van der Waals surface area (Å²) in [6, 6.07) is 13.3. The number of nitrogens with one attached hydrogen (secondary N) is 2. The van der Waals surface area contributed by atoms with E-state index in [2.05, 4.69) is 41.5 Å². The van der Waals surface area contributed by atoms with Gasteiger partial charge in [-0.3, -0.25) is 0 Å². The lowest BCUT2D eigenvalue weighted by Gasteiger charge is -2.33. The highest BCUT2D eigenvalue weighted by molar-refractivity contribution is 6.30. The minimum atomic E-state index is -4.37. The third kappa shape index (κ3) is 6.85.